The van der Waals surface area contributed by atoms with Crippen LogP contribution in [0.3, 0.4) is 0 Å². The lowest BCUT2D eigenvalue weighted by Crippen LogP contribution is -2.06. The third kappa shape index (κ3) is 13.4. The number of aryl methyl sites for hydroxylation is 1. The SMILES string of the molecule is C=C(C)C(C/C=C(\C)CC/C=C(/CCC=C(C)C)C(=O)O)CC/C(=C/CCc1ccoc1)C(=O)O. The Morgan fingerprint density at radius 2 is 1.54 bits per heavy atom. The fourth-order valence-corrected chi connectivity index (χ4v) is 3.77. The molecule has 0 saturated heterocycles. The second-order valence-corrected chi connectivity index (χ2v) is 9.47. The summed E-state index contributed by atoms with van der Waals surface area (Å²) in [5, 5.41) is 19.0. The van der Waals surface area contributed by atoms with Crippen LogP contribution in [0.4, 0.5) is 0 Å². The lowest BCUT2D eigenvalue weighted by atomic mass is 9.89. The van der Waals surface area contributed by atoms with Crippen molar-refractivity contribution in [2.24, 2.45) is 5.92 Å². The molecule has 1 unspecified atom stereocenters. The summed E-state index contributed by atoms with van der Waals surface area (Å²) in [5.41, 5.74) is 5.42. The van der Waals surface area contributed by atoms with Crippen molar-refractivity contribution in [3.8, 4) is 0 Å². The highest BCUT2D eigenvalue weighted by Gasteiger charge is 2.13. The molecule has 5 heteroatoms. The van der Waals surface area contributed by atoms with Gasteiger partial charge in [0.15, 0.2) is 0 Å². The highest BCUT2D eigenvalue weighted by molar-refractivity contribution is 5.86. The highest BCUT2D eigenvalue weighted by Crippen LogP contribution is 2.24. The number of carboxylic acid groups (broad SMARTS) is 2. The Bertz CT molecular complexity index is 937. The van der Waals surface area contributed by atoms with E-state index in [-0.39, 0.29) is 5.92 Å². The summed E-state index contributed by atoms with van der Waals surface area (Å²) in [5.74, 6) is -1.51. The van der Waals surface area contributed by atoms with Gasteiger partial charge in [0.1, 0.15) is 0 Å². The van der Waals surface area contributed by atoms with E-state index in [1.807, 2.05) is 39.0 Å². The molecule has 0 fully saturated rings. The van der Waals surface area contributed by atoms with Crippen molar-refractivity contribution in [1.29, 1.82) is 0 Å². The quantitative estimate of drug-likeness (QED) is 0.173. The van der Waals surface area contributed by atoms with Gasteiger partial charge in [-0.3, -0.25) is 0 Å². The van der Waals surface area contributed by atoms with Gasteiger partial charge in [0.05, 0.1) is 12.5 Å². The van der Waals surface area contributed by atoms with Gasteiger partial charge < -0.3 is 14.6 Å². The Morgan fingerprint density at radius 1 is 0.914 bits per heavy atom. The predicted molar refractivity (Wildman–Crippen MR) is 142 cm³/mol. The second kappa shape index (κ2) is 16.5. The van der Waals surface area contributed by atoms with E-state index >= 15 is 0 Å². The first-order chi connectivity index (χ1) is 16.6. The second-order valence-electron chi connectivity index (χ2n) is 9.47. The van der Waals surface area contributed by atoms with Gasteiger partial charge in [0, 0.05) is 11.1 Å². The number of hydrogen-bond donors (Lipinski definition) is 2. The molecule has 0 radical (unpaired) electrons. The number of carbonyl (C=O) groups is 2. The fourth-order valence-electron chi connectivity index (χ4n) is 3.77. The molecule has 35 heavy (non-hydrogen) atoms. The lowest BCUT2D eigenvalue weighted by Gasteiger charge is -2.16. The van der Waals surface area contributed by atoms with Crippen LogP contribution in [-0.4, -0.2) is 22.2 Å². The molecule has 0 aliphatic heterocycles. The third-order valence-corrected chi connectivity index (χ3v) is 6.06. The molecule has 1 aromatic heterocycles. The number of allylic oxidation sites excluding steroid dienone is 7. The van der Waals surface area contributed by atoms with Crippen LogP contribution in [-0.2, 0) is 16.0 Å². The van der Waals surface area contributed by atoms with Crippen molar-refractivity contribution in [3.63, 3.8) is 0 Å². The van der Waals surface area contributed by atoms with Crippen LogP contribution in [0, 0.1) is 5.92 Å². The van der Waals surface area contributed by atoms with Crippen LogP contribution in [0.5, 0.6) is 0 Å². The van der Waals surface area contributed by atoms with Gasteiger partial charge in [0.25, 0.3) is 0 Å². The molecule has 2 N–H and O–H groups in total. The van der Waals surface area contributed by atoms with Crippen LogP contribution in [0.15, 0.2) is 81.8 Å². The largest absolute Gasteiger partial charge is 0.478 e. The van der Waals surface area contributed by atoms with Gasteiger partial charge >= 0.3 is 11.9 Å². The maximum atomic E-state index is 11.7. The highest BCUT2D eigenvalue weighted by atomic mass is 16.4. The Morgan fingerprint density at radius 3 is 2.11 bits per heavy atom. The smallest absolute Gasteiger partial charge is 0.331 e. The van der Waals surface area contributed by atoms with Crippen LogP contribution >= 0.6 is 0 Å². The minimum Gasteiger partial charge on any atom is -0.478 e. The summed E-state index contributed by atoms with van der Waals surface area (Å²) >= 11 is 0. The predicted octanol–water partition coefficient (Wildman–Crippen LogP) is 8.07. The summed E-state index contributed by atoms with van der Waals surface area (Å²) in [6, 6.07) is 1.89. The van der Waals surface area contributed by atoms with Crippen LogP contribution in [0.25, 0.3) is 0 Å². The van der Waals surface area contributed by atoms with Crippen LogP contribution < -0.4 is 0 Å². The Balaban J connectivity index is 2.61. The van der Waals surface area contributed by atoms with E-state index in [4.69, 9.17) is 4.42 Å². The molecule has 0 aliphatic carbocycles. The molecule has 1 atom stereocenters. The van der Waals surface area contributed by atoms with Crippen molar-refractivity contribution in [1.82, 2.24) is 0 Å². The van der Waals surface area contributed by atoms with Gasteiger partial charge in [-0.15, -0.1) is 0 Å². The summed E-state index contributed by atoms with van der Waals surface area (Å²) in [4.78, 5) is 23.2. The van der Waals surface area contributed by atoms with E-state index in [2.05, 4.69) is 25.7 Å². The monoisotopic (exact) mass is 482 g/mol. The molecule has 1 aromatic rings. The van der Waals surface area contributed by atoms with Crippen LogP contribution in [0.1, 0.15) is 84.6 Å². The Labute approximate surface area is 210 Å². The summed E-state index contributed by atoms with van der Waals surface area (Å²) in [6.07, 6.45) is 17.4. The molecule has 0 spiro atoms. The van der Waals surface area contributed by atoms with E-state index in [1.54, 1.807) is 12.5 Å². The first kappa shape index (κ1) is 30.0. The van der Waals surface area contributed by atoms with Crippen molar-refractivity contribution >= 4 is 11.9 Å². The zero-order valence-corrected chi connectivity index (χ0v) is 21.8. The molecule has 0 bridgehead atoms. The number of rotatable bonds is 17. The molecule has 0 aromatic carbocycles. The summed E-state index contributed by atoms with van der Waals surface area (Å²) in [7, 11) is 0. The summed E-state index contributed by atoms with van der Waals surface area (Å²) < 4.78 is 5.06. The summed E-state index contributed by atoms with van der Waals surface area (Å²) in [6.45, 7) is 12.2. The van der Waals surface area contributed by atoms with E-state index in [1.165, 1.54) is 11.1 Å². The molecule has 1 rings (SSSR count). The van der Waals surface area contributed by atoms with Gasteiger partial charge in [-0.05, 0) is 103 Å². The van der Waals surface area contributed by atoms with Crippen molar-refractivity contribution in [2.75, 3.05) is 0 Å². The maximum absolute atomic E-state index is 11.7. The molecular formula is C30H42O5. The zero-order valence-electron chi connectivity index (χ0n) is 21.8. The first-order valence-corrected chi connectivity index (χ1v) is 12.4. The topological polar surface area (TPSA) is 87.7 Å². The third-order valence-electron chi connectivity index (χ3n) is 6.06. The van der Waals surface area contributed by atoms with Crippen molar-refractivity contribution in [2.45, 2.75) is 85.5 Å². The van der Waals surface area contributed by atoms with E-state index < -0.39 is 11.9 Å². The van der Waals surface area contributed by atoms with Crippen LogP contribution in [0.2, 0.25) is 0 Å². The zero-order chi connectivity index (χ0) is 26.2. The van der Waals surface area contributed by atoms with Gasteiger partial charge in [-0.2, -0.15) is 0 Å². The van der Waals surface area contributed by atoms with E-state index in [0.717, 1.165) is 43.2 Å². The standard InChI is InChI=1S/C30H42O5/c1-22(2)9-6-12-27(29(31)32)13-7-10-24(5)15-16-26(23(3)4)17-18-28(30(33)34)14-8-11-25-19-20-35-21-25/h9,13-15,19-21,26H,3,6-8,10-12,16-18H2,1-2,4-5H3,(H,31,32)(H,33,34)/b24-15+,27-13-,28-14-. The number of furan rings is 1. The molecule has 0 aliphatic rings. The average Bonchev–Trinajstić information content (AvgIpc) is 3.29. The molecular weight excluding hydrogens is 440 g/mol. The number of hydrogen-bond acceptors (Lipinski definition) is 3. The maximum Gasteiger partial charge on any atom is 0.331 e. The molecule has 0 amide bonds. The number of carboxylic acids is 2. The van der Waals surface area contributed by atoms with Crippen molar-refractivity contribution in [3.05, 3.63) is 82.9 Å². The Hall–Kier alpha value is -3.08. The van der Waals surface area contributed by atoms with Gasteiger partial charge in [-0.1, -0.05) is 47.6 Å². The number of aliphatic carboxylic acids is 2. The molecule has 192 valence electrons. The first-order valence-electron chi connectivity index (χ1n) is 12.4. The molecule has 5 nitrogen and oxygen atoms in total. The van der Waals surface area contributed by atoms with Crippen molar-refractivity contribution < 1.29 is 24.2 Å². The van der Waals surface area contributed by atoms with E-state index in [9.17, 15) is 19.8 Å². The normalized spacial score (nSPS) is 13.4. The minimum absolute atomic E-state index is 0.204. The van der Waals surface area contributed by atoms with E-state index in [0.29, 0.717) is 36.8 Å². The fraction of sp³-hybridized carbons (Fsp3) is 0.467. The molecule has 0 saturated carbocycles. The minimum atomic E-state index is -0.866. The van der Waals surface area contributed by atoms with Gasteiger partial charge in [-0.25, -0.2) is 9.59 Å². The lowest BCUT2D eigenvalue weighted by molar-refractivity contribution is -0.133. The average molecular weight is 483 g/mol. The molecule has 1 heterocycles. The Kier molecular flexibility index (Phi) is 14.1. The van der Waals surface area contributed by atoms with Gasteiger partial charge in [0.2, 0.25) is 0 Å².